The number of hydrogen-bond donors (Lipinski definition) is 2. The summed E-state index contributed by atoms with van der Waals surface area (Å²) in [7, 11) is -2.17. The Morgan fingerprint density at radius 3 is 2.33 bits per heavy atom. The number of carbonyl (C=O) groups excluding carboxylic acids is 1. The smallest absolute Gasteiger partial charge is 0.261 e. The monoisotopic (exact) mass is 462 g/mol. The van der Waals surface area contributed by atoms with Crippen LogP contribution in [0.25, 0.3) is 0 Å². The number of methoxy groups -OCH3 is 1. The van der Waals surface area contributed by atoms with Crippen molar-refractivity contribution in [2.75, 3.05) is 22.9 Å². The molecule has 0 atom stereocenters. The van der Waals surface area contributed by atoms with Crippen molar-refractivity contribution in [1.82, 2.24) is 0 Å². The summed E-state index contributed by atoms with van der Waals surface area (Å²) in [6.45, 7) is 0. The molecule has 1 amide bonds. The molecule has 0 aliphatic rings. The van der Waals surface area contributed by atoms with Crippen molar-refractivity contribution < 1.29 is 17.9 Å². The summed E-state index contributed by atoms with van der Waals surface area (Å²) in [5.41, 5.74) is 0.882. The summed E-state index contributed by atoms with van der Waals surface area (Å²) in [5.74, 6) is 0.787. The van der Waals surface area contributed by atoms with Crippen LogP contribution in [-0.2, 0) is 14.8 Å². The Balaban J connectivity index is 1.57. The molecule has 0 aromatic heterocycles. The van der Waals surface area contributed by atoms with Crippen LogP contribution in [0, 0.1) is 0 Å². The standard InChI is InChI=1S/C21H19ClN2O4S2/c1-28-18-7-9-19(10-8-18)29-14-21(25)23-16-5-11-20(12-6-16)30(26,27)24-17-4-2-3-15(22)13-17/h2-13,24H,14H2,1H3,(H,23,25). The lowest BCUT2D eigenvalue weighted by Crippen LogP contribution is -2.15. The van der Waals surface area contributed by atoms with E-state index in [-0.39, 0.29) is 16.6 Å². The second-order valence-electron chi connectivity index (χ2n) is 6.15. The zero-order valence-electron chi connectivity index (χ0n) is 16.0. The molecular weight excluding hydrogens is 444 g/mol. The molecule has 0 radical (unpaired) electrons. The third-order valence-corrected chi connectivity index (χ3v) is 6.60. The second-order valence-corrected chi connectivity index (χ2v) is 9.32. The third kappa shape index (κ3) is 6.16. The van der Waals surface area contributed by atoms with Gasteiger partial charge in [0.15, 0.2) is 0 Å². The normalized spacial score (nSPS) is 11.0. The van der Waals surface area contributed by atoms with E-state index in [1.54, 1.807) is 37.4 Å². The van der Waals surface area contributed by atoms with Crippen LogP contribution in [0.5, 0.6) is 5.75 Å². The lowest BCUT2D eigenvalue weighted by molar-refractivity contribution is -0.113. The lowest BCUT2D eigenvalue weighted by atomic mass is 10.3. The SMILES string of the molecule is COc1ccc(SCC(=O)Nc2ccc(S(=O)(=O)Nc3cccc(Cl)c3)cc2)cc1. The number of anilines is 2. The van der Waals surface area contributed by atoms with Crippen molar-refractivity contribution in [3.63, 3.8) is 0 Å². The highest BCUT2D eigenvalue weighted by molar-refractivity contribution is 8.00. The molecule has 9 heteroatoms. The molecule has 3 aromatic carbocycles. The predicted molar refractivity (Wildman–Crippen MR) is 121 cm³/mol. The van der Waals surface area contributed by atoms with Crippen LogP contribution in [0.15, 0.2) is 82.6 Å². The molecule has 156 valence electrons. The van der Waals surface area contributed by atoms with Crippen LogP contribution in [0.2, 0.25) is 5.02 Å². The molecule has 0 unspecified atom stereocenters. The number of thioether (sulfide) groups is 1. The summed E-state index contributed by atoms with van der Waals surface area (Å²) in [6.07, 6.45) is 0. The molecule has 0 saturated carbocycles. The Bertz CT molecular complexity index is 1120. The Kier molecular flexibility index (Phi) is 7.25. The molecule has 6 nitrogen and oxygen atoms in total. The first-order valence-corrected chi connectivity index (χ1v) is 11.7. The number of benzene rings is 3. The largest absolute Gasteiger partial charge is 0.497 e. The average Bonchev–Trinajstić information content (AvgIpc) is 2.73. The number of amides is 1. The summed E-state index contributed by atoms with van der Waals surface area (Å²) >= 11 is 7.28. The molecule has 2 N–H and O–H groups in total. The van der Waals surface area contributed by atoms with Crippen LogP contribution < -0.4 is 14.8 Å². The predicted octanol–water partition coefficient (Wildman–Crippen LogP) is 4.88. The van der Waals surface area contributed by atoms with E-state index in [9.17, 15) is 13.2 Å². The minimum atomic E-state index is -3.76. The van der Waals surface area contributed by atoms with Gasteiger partial charge < -0.3 is 10.1 Å². The lowest BCUT2D eigenvalue weighted by Gasteiger charge is -2.10. The highest BCUT2D eigenvalue weighted by Gasteiger charge is 2.14. The molecule has 0 fully saturated rings. The van der Waals surface area contributed by atoms with Gasteiger partial charge in [-0.1, -0.05) is 17.7 Å². The fourth-order valence-corrected chi connectivity index (χ4v) is 4.44. The number of ether oxygens (including phenoxy) is 1. The van der Waals surface area contributed by atoms with Gasteiger partial charge in [0.05, 0.1) is 23.4 Å². The minimum absolute atomic E-state index is 0.0769. The summed E-state index contributed by atoms with van der Waals surface area (Å²) in [6, 6.07) is 19.8. The number of nitrogens with one attached hydrogen (secondary N) is 2. The Labute approximate surface area is 184 Å². The number of rotatable bonds is 8. The van der Waals surface area contributed by atoms with Crippen molar-refractivity contribution in [3.05, 3.63) is 77.8 Å². The molecule has 3 rings (SSSR count). The van der Waals surface area contributed by atoms with Gasteiger partial charge in [-0.2, -0.15) is 0 Å². The van der Waals surface area contributed by atoms with E-state index in [0.29, 0.717) is 16.4 Å². The van der Waals surface area contributed by atoms with Crippen molar-refractivity contribution >= 4 is 50.7 Å². The van der Waals surface area contributed by atoms with E-state index in [1.165, 1.54) is 30.0 Å². The number of sulfonamides is 1. The summed E-state index contributed by atoms with van der Waals surface area (Å²) in [4.78, 5) is 13.2. The van der Waals surface area contributed by atoms with Gasteiger partial charge in [-0.05, 0) is 66.7 Å². The van der Waals surface area contributed by atoms with Crippen LogP contribution in [0.3, 0.4) is 0 Å². The first-order valence-electron chi connectivity index (χ1n) is 8.81. The molecule has 3 aromatic rings. The topological polar surface area (TPSA) is 84.5 Å². The van der Waals surface area contributed by atoms with Gasteiger partial charge in [-0.25, -0.2) is 8.42 Å². The molecule has 30 heavy (non-hydrogen) atoms. The fourth-order valence-electron chi connectivity index (χ4n) is 2.50. The quantitative estimate of drug-likeness (QED) is 0.466. The van der Waals surface area contributed by atoms with Gasteiger partial charge in [0.2, 0.25) is 5.91 Å². The van der Waals surface area contributed by atoms with Gasteiger partial charge in [0.25, 0.3) is 10.0 Å². The van der Waals surface area contributed by atoms with Crippen LogP contribution >= 0.6 is 23.4 Å². The molecule has 0 saturated heterocycles. The molecule has 0 heterocycles. The van der Waals surface area contributed by atoms with E-state index < -0.39 is 10.0 Å². The summed E-state index contributed by atoms with van der Waals surface area (Å²) in [5, 5.41) is 3.18. The van der Waals surface area contributed by atoms with Crippen molar-refractivity contribution in [3.8, 4) is 5.75 Å². The zero-order chi connectivity index (χ0) is 21.6. The van der Waals surface area contributed by atoms with E-state index in [2.05, 4.69) is 10.0 Å². The maximum absolute atomic E-state index is 12.5. The molecule has 0 aliphatic carbocycles. The van der Waals surface area contributed by atoms with E-state index in [0.717, 1.165) is 10.6 Å². The average molecular weight is 463 g/mol. The van der Waals surface area contributed by atoms with E-state index in [1.807, 2.05) is 24.3 Å². The first kappa shape index (κ1) is 22.0. The highest BCUT2D eigenvalue weighted by atomic mass is 35.5. The second kappa shape index (κ2) is 9.88. The maximum atomic E-state index is 12.5. The number of halogens is 1. The maximum Gasteiger partial charge on any atom is 0.261 e. The zero-order valence-corrected chi connectivity index (χ0v) is 18.4. The molecule has 0 aliphatic heterocycles. The van der Waals surface area contributed by atoms with Crippen molar-refractivity contribution in [2.45, 2.75) is 9.79 Å². The fraction of sp³-hybridized carbons (Fsp3) is 0.0952. The van der Waals surface area contributed by atoms with E-state index in [4.69, 9.17) is 16.3 Å². The number of hydrogen-bond acceptors (Lipinski definition) is 5. The first-order chi connectivity index (χ1) is 14.4. The Morgan fingerprint density at radius 2 is 1.70 bits per heavy atom. The Morgan fingerprint density at radius 1 is 1.00 bits per heavy atom. The third-order valence-electron chi connectivity index (χ3n) is 3.95. The van der Waals surface area contributed by atoms with Gasteiger partial charge in [0, 0.05) is 15.6 Å². The Hall–Kier alpha value is -2.68. The van der Waals surface area contributed by atoms with Crippen molar-refractivity contribution in [1.29, 1.82) is 0 Å². The molecular formula is C21H19ClN2O4S2. The van der Waals surface area contributed by atoms with Crippen molar-refractivity contribution in [2.24, 2.45) is 0 Å². The van der Waals surface area contributed by atoms with E-state index >= 15 is 0 Å². The molecule has 0 bridgehead atoms. The van der Waals surface area contributed by atoms with Gasteiger partial charge in [-0.3, -0.25) is 9.52 Å². The minimum Gasteiger partial charge on any atom is -0.497 e. The van der Waals surface area contributed by atoms with Gasteiger partial charge in [0.1, 0.15) is 5.75 Å². The van der Waals surface area contributed by atoms with Gasteiger partial charge in [-0.15, -0.1) is 11.8 Å². The van der Waals surface area contributed by atoms with Crippen LogP contribution in [0.1, 0.15) is 0 Å². The van der Waals surface area contributed by atoms with Crippen LogP contribution in [0.4, 0.5) is 11.4 Å². The number of carbonyl (C=O) groups is 1. The summed E-state index contributed by atoms with van der Waals surface area (Å²) < 4.78 is 32.6. The van der Waals surface area contributed by atoms with Crippen LogP contribution in [-0.4, -0.2) is 27.2 Å². The molecule has 0 spiro atoms. The highest BCUT2D eigenvalue weighted by Crippen LogP contribution is 2.23. The van der Waals surface area contributed by atoms with Gasteiger partial charge >= 0.3 is 0 Å².